The zero-order valence-electron chi connectivity index (χ0n) is 21.2. The Morgan fingerprint density at radius 3 is 2.64 bits per heavy atom. The average Bonchev–Trinajstić information content (AvgIpc) is 3.51. The standard InChI is InChI=1S/C22H24N8O4.C2H6/c1-5-33-21(31)16-11-24-22(23-9-14-10-25-30(3)12-14)27-19(16)26-17-8-6-7-15(18(17)32-4)20-29-28-13(2)34-20;1-2/h6-8,10-12H,5,9H2,1-4H3,(H2,23,24,26,27);1-2H3. The van der Waals surface area contributed by atoms with Crippen molar-refractivity contribution in [1.29, 1.82) is 0 Å². The van der Waals surface area contributed by atoms with E-state index >= 15 is 0 Å². The van der Waals surface area contributed by atoms with Crippen LogP contribution in [0.3, 0.4) is 0 Å². The van der Waals surface area contributed by atoms with Crippen LogP contribution in [0.5, 0.6) is 5.75 Å². The summed E-state index contributed by atoms with van der Waals surface area (Å²) in [4.78, 5) is 21.3. The van der Waals surface area contributed by atoms with Gasteiger partial charge >= 0.3 is 5.97 Å². The molecule has 3 heterocycles. The third-order valence-electron chi connectivity index (χ3n) is 4.72. The Balaban J connectivity index is 0.00000176. The van der Waals surface area contributed by atoms with Crippen molar-refractivity contribution in [2.75, 3.05) is 24.4 Å². The highest BCUT2D eigenvalue weighted by molar-refractivity contribution is 5.95. The lowest BCUT2D eigenvalue weighted by molar-refractivity contribution is 0.0526. The van der Waals surface area contributed by atoms with Crippen LogP contribution in [0.4, 0.5) is 17.5 Å². The van der Waals surface area contributed by atoms with Gasteiger partial charge in [-0.15, -0.1) is 10.2 Å². The van der Waals surface area contributed by atoms with E-state index in [0.717, 1.165) is 5.56 Å². The van der Waals surface area contributed by atoms with Gasteiger partial charge in [0.15, 0.2) is 11.6 Å². The van der Waals surface area contributed by atoms with Crippen LogP contribution in [0, 0.1) is 6.92 Å². The lowest BCUT2D eigenvalue weighted by Crippen LogP contribution is -2.13. The minimum atomic E-state index is -0.550. The number of esters is 1. The van der Waals surface area contributed by atoms with Gasteiger partial charge in [0, 0.05) is 38.5 Å². The number of aromatic nitrogens is 6. The fourth-order valence-corrected chi connectivity index (χ4v) is 3.22. The molecule has 0 aliphatic carbocycles. The van der Waals surface area contributed by atoms with Crippen LogP contribution in [0.25, 0.3) is 11.5 Å². The van der Waals surface area contributed by atoms with Crippen LogP contribution in [0.15, 0.2) is 41.2 Å². The lowest BCUT2D eigenvalue weighted by Gasteiger charge is -2.15. The van der Waals surface area contributed by atoms with Crippen LogP contribution < -0.4 is 15.4 Å². The third-order valence-corrected chi connectivity index (χ3v) is 4.72. The number of anilines is 3. The van der Waals surface area contributed by atoms with Gasteiger partial charge in [0.05, 0.1) is 31.2 Å². The molecule has 2 N–H and O–H groups in total. The number of nitrogens with one attached hydrogen (secondary N) is 2. The molecule has 0 atom stereocenters. The summed E-state index contributed by atoms with van der Waals surface area (Å²) in [6.45, 7) is 8.11. The van der Waals surface area contributed by atoms with Crippen molar-refractivity contribution in [3.8, 4) is 17.2 Å². The van der Waals surface area contributed by atoms with Gasteiger partial charge in [-0.05, 0) is 19.1 Å². The topological polar surface area (TPSA) is 142 Å². The zero-order valence-corrected chi connectivity index (χ0v) is 21.2. The Kier molecular flexibility index (Phi) is 8.92. The summed E-state index contributed by atoms with van der Waals surface area (Å²) >= 11 is 0. The number of rotatable bonds is 9. The minimum Gasteiger partial charge on any atom is -0.494 e. The highest BCUT2D eigenvalue weighted by Crippen LogP contribution is 2.37. The maximum absolute atomic E-state index is 12.6. The van der Waals surface area contributed by atoms with E-state index in [1.807, 2.05) is 27.1 Å². The number of benzene rings is 1. The molecule has 4 rings (SSSR count). The van der Waals surface area contributed by atoms with Gasteiger partial charge in [0.25, 0.3) is 5.89 Å². The third kappa shape index (κ3) is 6.14. The SMILES string of the molecule is CC.CCOC(=O)c1cnc(NCc2cnn(C)c2)nc1Nc1cccc(-c2nnc(C)o2)c1OC. The minimum absolute atomic E-state index is 0.176. The molecule has 0 amide bonds. The lowest BCUT2D eigenvalue weighted by atomic mass is 10.1. The van der Waals surface area contributed by atoms with Crippen molar-refractivity contribution in [3.63, 3.8) is 0 Å². The van der Waals surface area contributed by atoms with E-state index < -0.39 is 5.97 Å². The summed E-state index contributed by atoms with van der Waals surface area (Å²) in [5.74, 6) is 1.21. The largest absolute Gasteiger partial charge is 0.494 e. The molecule has 12 heteroatoms. The Labute approximate surface area is 209 Å². The van der Waals surface area contributed by atoms with E-state index in [1.54, 1.807) is 42.9 Å². The second kappa shape index (κ2) is 12.3. The molecule has 0 aliphatic heterocycles. The molecule has 4 aromatic rings. The van der Waals surface area contributed by atoms with Crippen LogP contribution in [0.1, 0.15) is 42.6 Å². The quantitative estimate of drug-likeness (QED) is 0.324. The number of aryl methyl sites for hydroxylation is 2. The van der Waals surface area contributed by atoms with E-state index in [1.165, 1.54) is 13.3 Å². The highest BCUT2D eigenvalue weighted by atomic mass is 16.5. The molecule has 0 fully saturated rings. The summed E-state index contributed by atoms with van der Waals surface area (Å²) in [6, 6.07) is 5.38. The van der Waals surface area contributed by atoms with Crippen molar-refractivity contribution in [1.82, 2.24) is 29.9 Å². The normalized spacial score (nSPS) is 10.3. The summed E-state index contributed by atoms with van der Waals surface area (Å²) in [7, 11) is 3.37. The molecule has 0 bridgehead atoms. The molecule has 0 saturated heterocycles. The molecule has 0 aliphatic rings. The van der Waals surface area contributed by atoms with E-state index in [4.69, 9.17) is 13.9 Å². The summed E-state index contributed by atoms with van der Waals surface area (Å²) in [5.41, 5.74) is 2.27. The second-order valence-corrected chi connectivity index (χ2v) is 7.19. The first-order valence-electron chi connectivity index (χ1n) is 11.5. The average molecular weight is 495 g/mol. The van der Waals surface area contributed by atoms with Crippen molar-refractivity contribution < 1.29 is 18.7 Å². The molecule has 36 heavy (non-hydrogen) atoms. The van der Waals surface area contributed by atoms with Gasteiger partial charge in [-0.2, -0.15) is 10.1 Å². The van der Waals surface area contributed by atoms with E-state index in [9.17, 15) is 4.79 Å². The summed E-state index contributed by atoms with van der Waals surface area (Å²) in [5, 5.41) is 18.4. The summed E-state index contributed by atoms with van der Waals surface area (Å²) < 4.78 is 18.1. The molecular weight excluding hydrogens is 464 g/mol. The van der Waals surface area contributed by atoms with Crippen molar-refractivity contribution in [2.45, 2.75) is 34.2 Å². The second-order valence-electron chi connectivity index (χ2n) is 7.19. The van der Waals surface area contributed by atoms with E-state index in [-0.39, 0.29) is 18.0 Å². The zero-order chi connectivity index (χ0) is 26.1. The van der Waals surface area contributed by atoms with Crippen LogP contribution in [-0.2, 0) is 18.3 Å². The number of ether oxygens (including phenoxy) is 2. The first-order valence-corrected chi connectivity index (χ1v) is 11.5. The van der Waals surface area contributed by atoms with Gasteiger partial charge in [0.2, 0.25) is 11.8 Å². The highest BCUT2D eigenvalue weighted by Gasteiger charge is 2.20. The molecule has 0 unspecified atom stereocenters. The molecule has 12 nitrogen and oxygen atoms in total. The maximum atomic E-state index is 12.6. The summed E-state index contributed by atoms with van der Waals surface area (Å²) in [6.07, 6.45) is 5.04. The number of carbonyl (C=O) groups is 1. The molecule has 0 saturated carbocycles. The number of hydrogen-bond acceptors (Lipinski definition) is 11. The Morgan fingerprint density at radius 2 is 2.00 bits per heavy atom. The molecular formula is C24H30N8O4. The van der Waals surface area contributed by atoms with Crippen LogP contribution >= 0.6 is 0 Å². The van der Waals surface area contributed by atoms with E-state index in [0.29, 0.717) is 41.3 Å². The number of nitrogens with zero attached hydrogens (tertiary/aromatic N) is 6. The van der Waals surface area contributed by atoms with Gasteiger partial charge in [-0.3, -0.25) is 4.68 Å². The van der Waals surface area contributed by atoms with Crippen molar-refractivity contribution in [3.05, 3.63) is 53.8 Å². The Morgan fingerprint density at radius 1 is 1.19 bits per heavy atom. The first-order chi connectivity index (χ1) is 17.5. The Hall–Kier alpha value is -4.48. The van der Waals surface area contributed by atoms with Crippen LogP contribution in [-0.4, -0.2) is 49.6 Å². The fraction of sp³-hybridized carbons (Fsp3) is 0.333. The number of para-hydroxylation sites is 1. The van der Waals surface area contributed by atoms with Gasteiger partial charge < -0.3 is 24.5 Å². The molecule has 1 aromatic carbocycles. The maximum Gasteiger partial charge on any atom is 0.343 e. The van der Waals surface area contributed by atoms with Crippen LogP contribution in [0.2, 0.25) is 0 Å². The molecule has 0 spiro atoms. The fourth-order valence-electron chi connectivity index (χ4n) is 3.22. The molecule has 0 radical (unpaired) electrons. The van der Waals surface area contributed by atoms with Crippen molar-refractivity contribution in [2.24, 2.45) is 7.05 Å². The number of methoxy groups -OCH3 is 1. The van der Waals surface area contributed by atoms with Gasteiger partial charge in [-0.1, -0.05) is 19.9 Å². The Bertz CT molecular complexity index is 1300. The predicted octanol–water partition coefficient (Wildman–Crippen LogP) is 4.14. The smallest absolute Gasteiger partial charge is 0.343 e. The monoisotopic (exact) mass is 494 g/mol. The molecule has 190 valence electrons. The van der Waals surface area contributed by atoms with Gasteiger partial charge in [0.1, 0.15) is 5.56 Å². The number of carbonyl (C=O) groups excluding carboxylic acids is 1. The first kappa shape index (κ1) is 26.1. The van der Waals surface area contributed by atoms with Crippen molar-refractivity contribution >= 4 is 23.4 Å². The number of hydrogen-bond donors (Lipinski definition) is 2. The van der Waals surface area contributed by atoms with Gasteiger partial charge in [-0.25, -0.2) is 9.78 Å². The molecule has 3 aromatic heterocycles. The van der Waals surface area contributed by atoms with E-state index in [2.05, 4.69) is 35.9 Å². The predicted molar refractivity (Wildman–Crippen MR) is 134 cm³/mol.